The third-order valence-electron chi connectivity index (χ3n) is 4.35. The molecule has 29 heavy (non-hydrogen) atoms. The van der Waals surface area contributed by atoms with Crippen LogP contribution in [0.5, 0.6) is 5.75 Å². The van der Waals surface area contributed by atoms with Crippen LogP contribution in [-0.2, 0) is 11.3 Å². The summed E-state index contributed by atoms with van der Waals surface area (Å²) in [7, 11) is 0. The van der Waals surface area contributed by atoms with Gasteiger partial charge in [0, 0.05) is 10.6 Å². The molecule has 1 amide bonds. The highest BCUT2D eigenvalue weighted by atomic mass is 35.5. The van der Waals surface area contributed by atoms with Gasteiger partial charge in [-0.2, -0.15) is 0 Å². The summed E-state index contributed by atoms with van der Waals surface area (Å²) in [6, 6.07) is 2.60. The second-order valence-electron chi connectivity index (χ2n) is 6.42. The van der Waals surface area contributed by atoms with Crippen molar-refractivity contribution < 1.29 is 9.53 Å². The molecular weight excluding hydrogens is 439 g/mol. The number of anilines is 1. The van der Waals surface area contributed by atoms with Crippen LogP contribution in [0.1, 0.15) is 18.4 Å². The van der Waals surface area contributed by atoms with Crippen molar-refractivity contribution in [2.45, 2.75) is 25.4 Å². The highest BCUT2D eigenvalue weighted by Gasteiger charge is 2.16. The summed E-state index contributed by atoms with van der Waals surface area (Å²) in [6.07, 6.45) is 4.03. The van der Waals surface area contributed by atoms with Crippen LogP contribution in [0.25, 0.3) is 11.0 Å². The molecule has 3 rings (SSSR count). The van der Waals surface area contributed by atoms with E-state index in [1.165, 1.54) is 6.20 Å². The van der Waals surface area contributed by atoms with E-state index >= 15 is 0 Å². The molecular formula is C18H19Cl3N6O2. The maximum absolute atomic E-state index is 11.0. The maximum Gasteiger partial charge on any atom is 0.234 e. The fourth-order valence-electron chi connectivity index (χ4n) is 2.85. The van der Waals surface area contributed by atoms with E-state index in [4.69, 9.17) is 56.7 Å². The van der Waals surface area contributed by atoms with Crippen molar-refractivity contribution in [2.75, 3.05) is 12.3 Å². The predicted molar refractivity (Wildman–Crippen MR) is 114 cm³/mol. The first-order valence-corrected chi connectivity index (χ1v) is 9.81. The molecule has 6 N–H and O–H groups in total. The molecule has 2 heterocycles. The summed E-state index contributed by atoms with van der Waals surface area (Å²) in [5, 5.41) is 1.28. The average Bonchev–Trinajstić information content (AvgIpc) is 3.09. The van der Waals surface area contributed by atoms with Gasteiger partial charge in [-0.15, -0.1) is 0 Å². The predicted octanol–water partition coefficient (Wildman–Crippen LogP) is 2.99. The molecule has 0 radical (unpaired) electrons. The molecule has 1 atom stereocenters. The number of hydrogen-bond acceptors (Lipinski definition) is 6. The zero-order valence-electron chi connectivity index (χ0n) is 15.2. The van der Waals surface area contributed by atoms with E-state index < -0.39 is 11.9 Å². The SMILES string of the molecule is NC(=O)[C@H](N)CCCOc1cc(Cl)cc(Cl)c1Cn1cnc2c(N)ncc(Cl)c21. The first kappa shape index (κ1) is 21.4. The van der Waals surface area contributed by atoms with E-state index in [2.05, 4.69) is 9.97 Å². The first-order valence-electron chi connectivity index (χ1n) is 8.68. The molecule has 0 saturated carbocycles. The summed E-state index contributed by atoms with van der Waals surface area (Å²) in [6.45, 7) is 0.638. The number of nitrogens with two attached hydrogens (primary N) is 3. The number of halogens is 3. The number of carbonyl (C=O) groups is 1. The monoisotopic (exact) mass is 456 g/mol. The lowest BCUT2D eigenvalue weighted by atomic mass is 10.1. The number of rotatable bonds is 8. The third kappa shape index (κ3) is 4.84. The van der Waals surface area contributed by atoms with Crippen LogP contribution in [0.3, 0.4) is 0 Å². The van der Waals surface area contributed by atoms with E-state index in [0.717, 1.165) is 0 Å². The Morgan fingerprint density at radius 2 is 1.97 bits per heavy atom. The van der Waals surface area contributed by atoms with E-state index in [1.807, 2.05) is 0 Å². The molecule has 0 unspecified atom stereocenters. The molecule has 0 fully saturated rings. The Morgan fingerprint density at radius 3 is 2.69 bits per heavy atom. The number of fused-ring (bicyclic) bond motifs is 1. The molecule has 0 saturated heterocycles. The number of ether oxygens (including phenoxy) is 1. The van der Waals surface area contributed by atoms with Crippen LogP contribution >= 0.6 is 34.8 Å². The Bertz CT molecular complexity index is 1060. The normalized spacial score (nSPS) is 12.3. The second kappa shape index (κ2) is 9.04. The van der Waals surface area contributed by atoms with Gasteiger partial charge in [0.15, 0.2) is 5.82 Å². The van der Waals surface area contributed by atoms with E-state index in [0.29, 0.717) is 63.4 Å². The molecule has 0 aliphatic carbocycles. The van der Waals surface area contributed by atoms with Gasteiger partial charge in [0.2, 0.25) is 5.91 Å². The zero-order chi connectivity index (χ0) is 21.1. The van der Waals surface area contributed by atoms with Crippen LogP contribution in [0.15, 0.2) is 24.7 Å². The highest BCUT2D eigenvalue weighted by Crippen LogP contribution is 2.34. The van der Waals surface area contributed by atoms with Crippen molar-refractivity contribution in [2.24, 2.45) is 11.5 Å². The van der Waals surface area contributed by atoms with E-state index in [-0.39, 0.29) is 5.82 Å². The molecule has 11 heteroatoms. The van der Waals surface area contributed by atoms with Crippen molar-refractivity contribution in [1.29, 1.82) is 0 Å². The lowest BCUT2D eigenvalue weighted by Crippen LogP contribution is -2.36. The fraction of sp³-hybridized carbons (Fsp3) is 0.278. The summed E-state index contributed by atoms with van der Waals surface area (Å²) in [5.41, 5.74) is 18.5. The summed E-state index contributed by atoms with van der Waals surface area (Å²) in [4.78, 5) is 19.3. The van der Waals surface area contributed by atoms with Crippen molar-refractivity contribution in [1.82, 2.24) is 14.5 Å². The third-order valence-corrected chi connectivity index (χ3v) is 5.19. The number of primary amides is 1. The molecule has 1 aromatic carbocycles. The van der Waals surface area contributed by atoms with Crippen LogP contribution in [0.2, 0.25) is 15.1 Å². The van der Waals surface area contributed by atoms with Gasteiger partial charge in [0.1, 0.15) is 11.3 Å². The van der Waals surface area contributed by atoms with Crippen LogP contribution in [0.4, 0.5) is 5.82 Å². The highest BCUT2D eigenvalue weighted by molar-refractivity contribution is 6.36. The van der Waals surface area contributed by atoms with Gasteiger partial charge in [-0.05, 0) is 25.0 Å². The minimum Gasteiger partial charge on any atom is -0.493 e. The molecule has 8 nitrogen and oxygen atoms in total. The summed E-state index contributed by atoms with van der Waals surface area (Å²) < 4.78 is 7.67. The number of hydrogen-bond donors (Lipinski definition) is 3. The van der Waals surface area contributed by atoms with Gasteiger partial charge in [-0.25, -0.2) is 9.97 Å². The van der Waals surface area contributed by atoms with E-state index in [1.54, 1.807) is 23.0 Å². The van der Waals surface area contributed by atoms with Crippen molar-refractivity contribution >= 4 is 57.6 Å². The van der Waals surface area contributed by atoms with Gasteiger partial charge in [0.05, 0.1) is 47.3 Å². The molecule has 0 aliphatic heterocycles. The quantitative estimate of drug-likeness (QED) is 0.445. The van der Waals surface area contributed by atoms with Gasteiger partial charge in [-0.1, -0.05) is 34.8 Å². The van der Waals surface area contributed by atoms with Crippen molar-refractivity contribution in [3.05, 3.63) is 45.3 Å². The smallest absolute Gasteiger partial charge is 0.234 e. The standard InChI is InChI=1S/C18H19Cl3N6O2/c19-9-4-11(20)10(14(5-9)29-3-1-2-13(22)18(24)28)7-27-8-26-15-16(27)12(21)6-25-17(15)23/h4-6,8,13H,1-3,7,22H2,(H2,23,25)(H2,24,28)/t13-/m1/s1. The van der Waals surface area contributed by atoms with Gasteiger partial charge in [0.25, 0.3) is 0 Å². The molecule has 2 aromatic heterocycles. The number of imidazole rings is 1. The Kier molecular flexibility index (Phi) is 6.69. The van der Waals surface area contributed by atoms with Crippen molar-refractivity contribution in [3.63, 3.8) is 0 Å². The van der Waals surface area contributed by atoms with Crippen molar-refractivity contribution in [3.8, 4) is 5.75 Å². The Balaban J connectivity index is 1.84. The number of benzene rings is 1. The lowest BCUT2D eigenvalue weighted by molar-refractivity contribution is -0.119. The van der Waals surface area contributed by atoms with Gasteiger partial charge >= 0.3 is 0 Å². The number of carbonyl (C=O) groups excluding carboxylic acids is 1. The minimum atomic E-state index is -0.709. The first-order chi connectivity index (χ1) is 13.8. The zero-order valence-corrected chi connectivity index (χ0v) is 17.5. The fourth-order valence-corrected chi connectivity index (χ4v) is 3.63. The van der Waals surface area contributed by atoms with Crippen LogP contribution in [0, 0.1) is 0 Å². The number of nitrogen functional groups attached to an aromatic ring is 1. The second-order valence-corrected chi connectivity index (χ2v) is 7.68. The van der Waals surface area contributed by atoms with Gasteiger partial charge in [-0.3, -0.25) is 4.79 Å². The minimum absolute atomic E-state index is 0.285. The molecule has 154 valence electrons. The van der Waals surface area contributed by atoms with Crippen LogP contribution < -0.4 is 21.9 Å². The largest absolute Gasteiger partial charge is 0.493 e. The number of aromatic nitrogens is 3. The summed E-state index contributed by atoms with van der Waals surface area (Å²) >= 11 is 18.9. The average molecular weight is 458 g/mol. The number of pyridine rings is 1. The lowest BCUT2D eigenvalue weighted by Gasteiger charge is -2.15. The number of nitrogens with zero attached hydrogens (tertiary/aromatic N) is 3. The molecule has 0 aliphatic rings. The Morgan fingerprint density at radius 1 is 1.21 bits per heavy atom. The van der Waals surface area contributed by atoms with Gasteiger partial charge < -0.3 is 26.5 Å². The Hall–Kier alpha value is -2.26. The Labute approximate surface area is 181 Å². The molecule has 0 bridgehead atoms. The summed E-state index contributed by atoms with van der Waals surface area (Å²) in [5.74, 6) is 0.247. The van der Waals surface area contributed by atoms with E-state index in [9.17, 15) is 4.79 Å². The molecule has 0 spiro atoms. The topological polar surface area (TPSA) is 135 Å². The van der Waals surface area contributed by atoms with Crippen LogP contribution in [-0.4, -0.2) is 33.1 Å². The maximum atomic E-state index is 11.0. The molecule has 3 aromatic rings. The number of amides is 1.